The molecule has 4 aromatic rings. The minimum atomic E-state index is -0.119. The Morgan fingerprint density at radius 3 is 1.64 bits per heavy atom. The lowest BCUT2D eigenvalue weighted by Crippen LogP contribution is -2.27. The van der Waals surface area contributed by atoms with Crippen LogP contribution in [0.3, 0.4) is 0 Å². The number of anilines is 3. The molecule has 0 spiro atoms. The van der Waals surface area contributed by atoms with Crippen molar-refractivity contribution in [1.82, 2.24) is 20.3 Å². The summed E-state index contributed by atoms with van der Waals surface area (Å²) in [6.07, 6.45) is 0.844. The Morgan fingerprint density at radius 2 is 1.09 bits per heavy atom. The molecule has 0 fully saturated rings. The van der Waals surface area contributed by atoms with Gasteiger partial charge in [-0.25, -0.2) is 0 Å². The van der Waals surface area contributed by atoms with E-state index in [1.54, 1.807) is 12.1 Å². The molecular weight excluding hydrogens is 558 g/mol. The molecular formula is C33H41N7O4. The Kier molecular flexibility index (Phi) is 13.9. The van der Waals surface area contributed by atoms with E-state index in [-0.39, 0.29) is 18.4 Å². The zero-order valence-corrected chi connectivity index (χ0v) is 24.8. The van der Waals surface area contributed by atoms with Crippen LogP contribution in [-0.2, 0) is 9.47 Å². The fourth-order valence-electron chi connectivity index (χ4n) is 4.49. The predicted octanol–water partition coefficient (Wildman–Crippen LogP) is 3.79. The van der Waals surface area contributed by atoms with Gasteiger partial charge in [0, 0.05) is 37.7 Å². The molecule has 3 aromatic carbocycles. The van der Waals surface area contributed by atoms with Crippen LogP contribution in [0, 0.1) is 0 Å². The number of hydrogen-bond donors (Lipinski definition) is 5. The van der Waals surface area contributed by atoms with Crippen LogP contribution in [0.25, 0.3) is 0 Å². The number of benzene rings is 3. The summed E-state index contributed by atoms with van der Waals surface area (Å²) in [6, 6.07) is 30.0. The van der Waals surface area contributed by atoms with Crippen molar-refractivity contribution in [3.63, 3.8) is 0 Å². The van der Waals surface area contributed by atoms with Crippen molar-refractivity contribution in [1.29, 1.82) is 0 Å². The van der Waals surface area contributed by atoms with Crippen molar-refractivity contribution in [2.45, 2.75) is 12.3 Å². The second-order valence-corrected chi connectivity index (χ2v) is 9.82. The second-order valence-electron chi connectivity index (χ2n) is 9.82. The molecule has 0 saturated carbocycles. The molecule has 0 saturated heterocycles. The normalized spacial score (nSPS) is 10.9. The fourth-order valence-corrected chi connectivity index (χ4v) is 4.49. The smallest absolute Gasteiger partial charge is 0.251 e. The molecule has 232 valence electrons. The highest BCUT2D eigenvalue weighted by Gasteiger charge is 2.14. The average Bonchev–Trinajstić information content (AvgIpc) is 3.07. The molecule has 0 aliphatic heterocycles. The number of ether oxygens (including phenoxy) is 2. The molecule has 1 aromatic heterocycles. The van der Waals surface area contributed by atoms with E-state index in [9.17, 15) is 9.90 Å². The van der Waals surface area contributed by atoms with Gasteiger partial charge < -0.3 is 35.8 Å². The van der Waals surface area contributed by atoms with Crippen LogP contribution in [0.4, 0.5) is 17.8 Å². The number of aromatic nitrogens is 3. The van der Waals surface area contributed by atoms with Gasteiger partial charge in [-0.05, 0) is 29.7 Å². The Labute approximate surface area is 258 Å². The summed E-state index contributed by atoms with van der Waals surface area (Å²) in [5.74, 6) is 1.32. The van der Waals surface area contributed by atoms with Gasteiger partial charge in [0.05, 0.1) is 33.0 Å². The van der Waals surface area contributed by atoms with Crippen LogP contribution in [0.1, 0.15) is 33.8 Å². The van der Waals surface area contributed by atoms with Gasteiger partial charge in [0.2, 0.25) is 17.8 Å². The highest BCUT2D eigenvalue weighted by atomic mass is 16.5. The highest BCUT2D eigenvalue weighted by molar-refractivity contribution is 5.94. The van der Waals surface area contributed by atoms with Crippen LogP contribution in [0.15, 0.2) is 91.0 Å². The van der Waals surface area contributed by atoms with Gasteiger partial charge in [0.25, 0.3) is 5.91 Å². The minimum absolute atomic E-state index is 0.0393. The largest absolute Gasteiger partial charge is 0.395 e. The maximum absolute atomic E-state index is 12.0. The maximum atomic E-state index is 12.0. The minimum Gasteiger partial charge on any atom is -0.395 e. The molecule has 0 aliphatic carbocycles. The third kappa shape index (κ3) is 11.3. The number of rotatable bonds is 20. The van der Waals surface area contributed by atoms with Crippen molar-refractivity contribution in [2.24, 2.45) is 0 Å². The Hall–Kier alpha value is -4.58. The summed E-state index contributed by atoms with van der Waals surface area (Å²) in [7, 11) is 0. The van der Waals surface area contributed by atoms with E-state index in [0.29, 0.717) is 76.0 Å². The van der Waals surface area contributed by atoms with Crippen molar-refractivity contribution in [3.8, 4) is 0 Å². The van der Waals surface area contributed by atoms with Gasteiger partial charge in [-0.15, -0.1) is 0 Å². The lowest BCUT2D eigenvalue weighted by Gasteiger charge is -2.18. The quantitative estimate of drug-likeness (QED) is 0.0953. The molecule has 4 rings (SSSR count). The first-order chi connectivity index (χ1) is 21.7. The predicted molar refractivity (Wildman–Crippen MR) is 172 cm³/mol. The van der Waals surface area contributed by atoms with E-state index in [0.717, 1.165) is 6.42 Å². The van der Waals surface area contributed by atoms with Gasteiger partial charge in [-0.1, -0.05) is 78.9 Å². The monoisotopic (exact) mass is 599 g/mol. The number of aliphatic hydroxyl groups is 1. The molecule has 0 radical (unpaired) electrons. The van der Waals surface area contributed by atoms with E-state index < -0.39 is 0 Å². The Balaban J connectivity index is 1.18. The van der Waals surface area contributed by atoms with E-state index in [1.807, 2.05) is 30.3 Å². The van der Waals surface area contributed by atoms with Crippen LogP contribution < -0.4 is 21.3 Å². The van der Waals surface area contributed by atoms with E-state index in [4.69, 9.17) is 9.47 Å². The molecule has 5 N–H and O–H groups in total. The molecule has 44 heavy (non-hydrogen) atoms. The van der Waals surface area contributed by atoms with Crippen LogP contribution in [0.5, 0.6) is 0 Å². The van der Waals surface area contributed by atoms with Gasteiger partial charge in [0.15, 0.2) is 0 Å². The van der Waals surface area contributed by atoms with Crippen LogP contribution in [0.2, 0.25) is 0 Å². The summed E-state index contributed by atoms with van der Waals surface area (Å²) in [4.78, 5) is 25.4. The number of nitrogens with one attached hydrogen (secondary N) is 4. The molecule has 0 unspecified atom stereocenters. The highest BCUT2D eigenvalue weighted by Crippen LogP contribution is 2.27. The third-order valence-electron chi connectivity index (χ3n) is 6.62. The SMILES string of the molecule is O=C(NCCOCCOCCNc1nc(NCCO)nc(NCCC(c2ccccc2)c2ccccc2)n1)c1ccccc1. The summed E-state index contributed by atoms with van der Waals surface area (Å²) in [5, 5.41) is 21.6. The standard InChI is InChI=1S/C33H41N7O4/c41-21-18-36-32-38-31(35-17-16-29(26-10-4-1-5-11-26)27-12-6-2-7-13-27)39-33(40-32)37-20-23-44-25-24-43-22-19-34-30(42)28-14-8-3-9-15-28/h1-15,29,41H,16-25H2,(H,34,42)(H3,35,36,37,38,39,40). The first-order valence-electron chi connectivity index (χ1n) is 14.9. The topological polar surface area (TPSA) is 143 Å². The van der Waals surface area contributed by atoms with Gasteiger partial charge >= 0.3 is 0 Å². The first kappa shape index (κ1) is 32.3. The zero-order chi connectivity index (χ0) is 30.7. The molecule has 0 aliphatic rings. The molecule has 1 heterocycles. The molecule has 0 atom stereocenters. The maximum Gasteiger partial charge on any atom is 0.251 e. The Morgan fingerprint density at radius 1 is 0.614 bits per heavy atom. The number of hydrogen-bond acceptors (Lipinski definition) is 10. The van der Waals surface area contributed by atoms with Crippen LogP contribution in [-0.4, -0.2) is 85.2 Å². The van der Waals surface area contributed by atoms with Crippen molar-refractivity contribution in [3.05, 3.63) is 108 Å². The number of carbonyl (C=O) groups is 1. The van der Waals surface area contributed by atoms with Gasteiger partial charge in [-0.2, -0.15) is 15.0 Å². The fraction of sp³-hybridized carbons (Fsp3) is 0.333. The van der Waals surface area contributed by atoms with Gasteiger partial charge in [0.1, 0.15) is 0 Å². The van der Waals surface area contributed by atoms with E-state index in [2.05, 4.69) is 84.8 Å². The summed E-state index contributed by atoms with van der Waals surface area (Å²) >= 11 is 0. The summed E-state index contributed by atoms with van der Waals surface area (Å²) in [5.41, 5.74) is 3.13. The lowest BCUT2D eigenvalue weighted by molar-refractivity contribution is 0.0519. The van der Waals surface area contributed by atoms with Crippen LogP contribution >= 0.6 is 0 Å². The first-order valence-corrected chi connectivity index (χ1v) is 14.9. The van der Waals surface area contributed by atoms with Crippen molar-refractivity contribution < 1.29 is 19.4 Å². The number of amides is 1. The third-order valence-corrected chi connectivity index (χ3v) is 6.62. The molecule has 1 amide bonds. The molecule has 11 nitrogen and oxygen atoms in total. The Bertz CT molecular complexity index is 1330. The lowest BCUT2D eigenvalue weighted by atomic mass is 9.88. The molecule has 0 bridgehead atoms. The molecule has 11 heteroatoms. The van der Waals surface area contributed by atoms with Gasteiger partial charge in [-0.3, -0.25) is 4.79 Å². The summed E-state index contributed by atoms with van der Waals surface area (Å²) < 4.78 is 11.2. The second kappa shape index (κ2) is 18.9. The van der Waals surface area contributed by atoms with E-state index >= 15 is 0 Å². The van der Waals surface area contributed by atoms with Crippen molar-refractivity contribution >= 4 is 23.8 Å². The van der Waals surface area contributed by atoms with Crippen molar-refractivity contribution in [2.75, 3.05) is 75.2 Å². The van der Waals surface area contributed by atoms with E-state index in [1.165, 1.54) is 11.1 Å². The summed E-state index contributed by atoms with van der Waals surface area (Å²) in [6.45, 7) is 3.52. The zero-order valence-electron chi connectivity index (χ0n) is 24.8. The number of carbonyl (C=O) groups excluding carboxylic acids is 1. The number of nitrogens with zero attached hydrogens (tertiary/aromatic N) is 3. The average molecular weight is 600 g/mol. The number of aliphatic hydroxyl groups excluding tert-OH is 1.